The number of nitrogens with one attached hydrogen (secondary N) is 1. The molecular formula is C31H38F2N4O2. The van der Waals surface area contributed by atoms with E-state index < -0.39 is 0 Å². The van der Waals surface area contributed by atoms with Crippen LogP contribution in [0.1, 0.15) is 41.0 Å². The Balaban J connectivity index is 1.32. The Morgan fingerprint density at radius 2 is 1.56 bits per heavy atom. The van der Waals surface area contributed by atoms with E-state index >= 15 is 0 Å². The maximum absolute atomic E-state index is 13.5. The Kier molecular flexibility index (Phi) is 9.67. The van der Waals surface area contributed by atoms with E-state index in [1.807, 2.05) is 26.0 Å². The molecule has 4 rings (SSSR count). The van der Waals surface area contributed by atoms with E-state index in [2.05, 4.69) is 15.1 Å². The molecule has 1 aliphatic heterocycles. The van der Waals surface area contributed by atoms with E-state index in [9.17, 15) is 18.7 Å². The predicted octanol–water partition coefficient (Wildman–Crippen LogP) is 4.69. The lowest BCUT2D eigenvalue weighted by molar-refractivity contribution is -0.118. The summed E-state index contributed by atoms with van der Waals surface area (Å²) in [4.78, 5) is 17.1. The van der Waals surface area contributed by atoms with Crippen LogP contribution in [0.4, 0.5) is 20.2 Å². The fraction of sp³-hybridized carbons (Fsp3) is 0.387. The average Bonchev–Trinajstić information content (AvgIpc) is 2.90. The minimum absolute atomic E-state index is 0.00759. The number of rotatable bonds is 10. The third-order valence-corrected chi connectivity index (χ3v) is 7.57. The molecule has 6 nitrogen and oxygen atoms in total. The number of carbonyl (C=O) groups excluding carboxylic acids is 1. The fourth-order valence-electron chi connectivity index (χ4n) is 5.56. The number of aliphatic hydroxyl groups is 1. The summed E-state index contributed by atoms with van der Waals surface area (Å²) in [5.41, 5.74) is 11.2. The van der Waals surface area contributed by atoms with E-state index in [1.165, 1.54) is 24.3 Å². The van der Waals surface area contributed by atoms with Crippen LogP contribution in [0.15, 0.2) is 60.7 Å². The minimum atomic E-state index is -0.285. The molecule has 39 heavy (non-hydrogen) atoms. The number of anilines is 2. The van der Waals surface area contributed by atoms with Crippen molar-refractivity contribution in [3.8, 4) is 0 Å². The molecule has 3 aromatic rings. The number of benzene rings is 3. The summed E-state index contributed by atoms with van der Waals surface area (Å²) in [6.07, 6.45) is 1.66. The van der Waals surface area contributed by atoms with Crippen molar-refractivity contribution in [2.24, 2.45) is 0 Å². The van der Waals surface area contributed by atoms with E-state index in [1.54, 1.807) is 24.3 Å². The molecule has 0 bridgehead atoms. The van der Waals surface area contributed by atoms with Crippen LogP contribution in [0.25, 0.3) is 0 Å². The molecule has 4 N–H and O–H groups in total. The Labute approximate surface area is 229 Å². The molecule has 1 fully saturated rings. The zero-order valence-corrected chi connectivity index (χ0v) is 22.7. The first-order valence-electron chi connectivity index (χ1n) is 13.5. The number of amides is 1. The Bertz CT molecular complexity index is 1180. The van der Waals surface area contributed by atoms with E-state index in [4.69, 9.17) is 5.73 Å². The highest BCUT2D eigenvalue weighted by atomic mass is 19.1. The first-order valence-corrected chi connectivity index (χ1v) is 13.5. The molecule has 0 spiro atoms. The normalized spacial score (nSPS) is 16.5. The molecule has 1 heterocycles. The van der Waals surface area contributed by atoms with Crippen LogP contribution in [0.2, 0.25) is 0 Å². The lowest BCUT2D eigenvalue weighted by atomic mass is 9.87. The van der Waals surface area contributed by atoms with Crippen LogP contribution < -0.4 is 11.1 Å². The highest BCUT2D eigenvalue weighted by molar-refractivity contribution is 5.94. The van der Waals surface area contributed by atoms with Crippen LogP contribution in [0.5, 0.6) is 0 Å². The van der Waals surface area contributed by atoms with Gasteiger partial charge in [0.2, 0.25) is 5.91 Å². The largest absolute Gasteiger partial charge is 0.399 e. The summed E-state index contributed by atoms with van der Waals surface area (Å²) in [5, 5.41) is 13.1. The van der Waals surface area contributed by atoms with Gasteiger partial charge < -0.3 is 16.2 Å². The third kappa shape index (κ3) is 7.62. The predicted molar refractivity (Wildman–Crippen MR) is 152 cm³/mol. The SMILES string of the molecule is Cc1cc(N)cc(C)c1NC(=O)CN1CCN(CCCC(c2ccc(F)cc2)c2ccc(F)cc2)C(CO)C1. The van der Waals surface area contributed by atoms with Gasteiger partial charge in [-0.25, -0.2) is 8.78 Å². The Morgan fingerprint density at radius 3 is 2.10 bits per heavy atom. The summed E-state index contributed by atoms with van der Waals surface area (Å²) in [6.45, 7) is 6.97. The topological polar surface area (TPSA) is 81.8 Å². The molecule has 1 unspecified atom stereocenters. The van der Waals surface area contributed by atoms with Crippen molar-refractivity contribution >= 4 is 17.3 Å². The monoisotopic (exact) mass is 536 g/mol. The highest BCUT2D eigenvalue weighted by Crippen LogP contribution is 2.30. The number of nitrogens with two attached hydrogens (primary N) is 1. The molecule has 0 aromatic heterocycles. The van der Waals surface area contributed by atoms with Crippen LogP contribution in [-0.2, 0) is 4.79 Å². The van der Waals surface area contributed by atoms with Crippen molar-refractivity contribution in [2.45, 2.75) is 38.6 Å². The number of carbonyl (C=O) groups is 1. The van der Waals surface area contributed by atoms with Gasteiger partial charge in [-0.1, -0.05) is 24.3 Å². The van der Waals surface area contributed by atoms with Crippen LogP contribution >= 0.6 is 0 Å². The van der Waals surface area contributed by atoms with Gasteiger partial charge in [0.15, 0.2) is 0 Å². The standard InChI is InChI=1S/C31H38F2N4O2/c1-21-16-27(34)17-22(2)31(21)35-30(39)19-36-14-15-37(28(18-36)20-38)13-3-4-29(23-5-9-25(32)10-6-23)24-7-11-26(33)12-8-24/h5-12,16-17,28-29,38H,3-4,13-15,18-20,34H2,1-2H3,(H,35,39). The van der Waals surface area contributed by atoms with E-state index in [0.717, 1.165) is 60.4 Å². The molecular weight excluding hydrogens is 498 g/mol. The molecule has 1 atom stereocenters. The number of halogens is 2. The van der Waals surface area contributed by atoms with Crippen molar-refractivity contribution in [1.29, 1.82) is 0 Å². The van der Waals surface area contributed by atoms with Crippen molar-refractivity contribution in [2.75, 3.05) is 50.4 Å². The smallest absolute Gasteiger partial charge is 0.238 e. The van der Waals surface area contributed by atoms with Gasteiger partial charge in [-0.2, -0.15) is 0 Å². The van der Waals surface area contributed by atoms with Crippen LogP contribution in [0.3, 0.4) is 0 Å². The summed E-state index contributed by atoms with van der Waals surface area (Å²) >= 11 is 0. The van der Waals surface area contributed by atoms with Crippen molar-refractivity contribution in [1.82, 2.24) is 9.80 Å². The molecule has 1 saturated heterocycles. The number of hydrogen-bond acceptors (Lipinski definition) is 5. The summed E-state index contributed by atoms with van der Waals surface area (Å²) in [5.74, 6) is -0.637. The second-order valence-corrected chi connectivity index (χ2v) is 10.5. The van der Waals surface area contributed by atoms with E-state index in [-0.39, 0.29) is 42.7 Å². The average molecular weight is 537 g/mol. The highest BCUT2D eigenvalue weighted by Gasteiger charge is 2.28. The van der Waals surface area contributed by atoms with Gasteiger partial charge in [0.1, 0.15) is 11.6 Å². The molecule has 1 amide bonds. The van der Waals surface area contributed by atoms with Crippen molar-refractivity contribution < 1.29 is 18.7 Å². The van der Waals surface area contributed by atoms with E-state index in [0.29, 0.717) is 12.2 Å². The van der Waals surface area contributed by atoms with Gasteiger partial charge in [0.05, 0.1) is 13.2 Å². The maximum atomic E-state index is 13.5. The first-order chi connectivity index (χ1) is 18.7. The number of aryl methyl sites for hydroxylation is 2. The maximum Gasteiger partial charge on any atom is 0.238 e. The second kappa shape index (κ2) is 13.2. The zero-order valence-electron chi connectivity index (χ0n) is 22.7. The van der Waals surface area contributed by atoms with Gasteiger partial charge in [-0.05, 0) is 91.9 Å². The van der Waals surface area contributed by atoms with Gasteiger partial charge in [0, 0.05) is 43.0 Å². The summed E-state index contributed by atoms with van der Waals surface area (Å²) in [6, 6.07) is 16.6. The lowest BCUT2D eigenvalue weighted by Crippen LogP contribution is -2.56. The van der Waals surface area contributed by atoms with Crippen LogP contribution in [0, 0.1) is 25.5 Å². The number of aliphatic hydroxyl groups excluding tert-OH is 1. The zero-order chi connectivity index (χ0) is 27.9. The molecule has 0 aliphatic carbocycles. The van der Waals surface area contributed by atoms with Gasteiger partial charge >= 0.3 is 0 Å². The minimum Gasteiger partial charge on any atom is -0.399 e. The van der Waals surface area contributed by atoms with Gasteiger partial charge in [-0.3, -0.25) is 14.6 Å². The number of nitrogen functional groups attached to an aromatic ring is 1. The first kappa shape index (κ1) is 28.7. The summed E-state index contributed by atoms with van der Waals surface area (Å²) in [7, 11) is 0. The van der Waals surface area contributed by atoms with Gasteiger partial charge in [-0.15, -0.1) is 0 Å². The molecule has 8 heteroatoms. The quantitative estimate of drug-likeness (QED) is 0.328. The molecule has 208 valence electrons. The van der Waals surface area contributed by atoms with Crippen LogP contribution in [-0.4, -0.2) is 66.2 Å². The van der Waals surface area contributed by atoms with Gasteiger partial charge in [0.25, 0.3) is 0 Å². The summed E-state index contributed by atoms with van der Waals surface area (Å²) < 4.78 is 27.1. The van der Waals surface area contributed by atoms with Crippen molar-refractivity contribution in [3.63, 3.8) is 0 Å². The molecule has 1 aliphatic rings. The molecule has 3 aromatic carbocycles. The third-order valence-electron chi connectivity index (χ3n) is 7.57. The number of nitrogens with zero attached hydrogens (tertiary/aromatic N) is 2. The number of piperazine rings is 1. The molecule has 0 saturated carbocycles. The Hall–Kier alpha value is -3.33. The number of hydrogen-bond donors (Lipinski definition) is 3. The lowest BCUT2D eigenvalue weighted by Gasteiger charge is -2.40. The van der Waals surface area contributed by atoms with Crippen molar-refractivity contribution in [3.05, 3.63) is 94.6 Å². The molecule has 0 radical (unpaired) electrons. The Morgan fingerprint density at radius 1 is 1.00 bits per heavy atom. The second-order valence-electron chi connectivity index (χ2n) is 10.5. The fourth-order valence-corrected chi connectivity index (χ4v) is 5.56.